The van der Waals surface area contributed by atoms with Gasteiger partial charge in [-0.3, -0.25) is 4.79 Å². The Balaban J connectivity index is 0.000000948. The normalized spacial score (nSPS) is 49.8. The molecule has 3 nitrogen and oxygen atoms in total. The summed E-state index contributed by atoms with van der Waals surface area (Å²) in [6.07, 6.45) is 8.99. The monoisotopic (exact) mass is 359 g/mol. The van der Waals surface area contributed by atoms with Crippen LogP contribution in [0.5, 0.6) is 0 Å². The molecule has 0 bridgehead atoms. The van der Waals surface area contributed by atoms with Gasteiger partial charge in [0.15, 0.2) is 0 Å². The minimum Gasteiger partial charge on any atom is -0.381 e. The Kier molecular flexibility index (Phi) is 5.55. The maximum Gasteiger partial charge on any atom is 0.137 e. The molecule has 3 heteroatoms. The van der Waals surface area contributed by atoms with E-state index in [2.05, 4.69) is 19.9 Å². The van der Waals surface area contributed by atoms with Gasteiger partial charge in [0.25, 0.3) is 0 Å². The molecule has 8 atom stereocenters. The summed E-state index contributed by atoms with van der Waals surface area (Å²) in [4.78, 5) is 13.3. The summed E-state index contributed by atoms with van der Waals surface area (Å²) in [5, 5.41) is 9.58. The summed E-state index contributed by atoms with van der Waals surface area (Å²) >= 11 is 0. The van der Waals surface area contributed by atoms with Gasteiger partial charge in [-0.25, -0.2) is 0 Å². The van der Waals surface area contributed by atoms with E-state index in [0.717, 1.165) is 25.7 Å². The molecule has 146 valence electrons. The third-order valence-electron chi connectivity index (χ3n) is 8.74. The van der Waals surface area contributed by atoms with E-state index in [1.54, 1.807) is 0 Å². The van der Waals surface area contributed by atoms with E-state index in [0.29, 0.717) is 36.1 Å². The van der Waals surface area contributed by atoms with Gasteiger partial charge >= 0.3 is 0 Å². The molecular weight excluding hydrogens is 322 g/mol. The van der Waals surface area contributed by atoms with E-state index in [1.807, 2.05) is 21.0 Å². The van der Waals surface area contributed by atoms with Crippen LogP contribution in [0.1, 0.15) is 79.1 Å². The molecule has 0 amide bonds. The highest BCUT2D eigenvalue weighted by molar-refractivity contribution is 5.84. The highest BCUT2D eigenvalue weighted by Crippen LogP contribution is 2.66. The van der Waals surface area contributed by atoms with Gasteiger partial charge < -0.3 is 4.74 Å². The highest BCUT2D eigenvalue weighted by atomic mass is 16.5. The Bertz CT molecular complexity index is 581. The van der Waals surface area contributed by atoms with E-state index < -0.39 is 0 Å². The second-order valence-electron chi connectivity index (χ2n) is 9.58. The molecule has 4 aliphatic rings. The molecule has 4 fully saturated rings. The lowest BCUT2D eigenvalue weighted by atomic mass is 9.44. The molecule has 0 radical (unpaired) electrons. The van der Waals surface area contributed by atoms with Crippen molar-refractivity contribution >= 4 is 5.78 Å². The fraction of sp³-hybridized carbons (Fsp3) is 0.913. The number of carbonyl (C=O) groups excluding carboxylic acids is 1. The minimum absolute atomic E-state index is 0.0640. The molecule has 4 rings (SSSR count). The van der Waals surface area contributed by atoms with Gasteiger partial charge in [-0.1, -0.05) is 27.7 Å². The molecule has 26 heavy (non-hydrogen) atoms. The van der Waals surface area contributed by atoms with Crippen LogP contribution in [0.3, 0.4) is 0 Å². The predicted molar refractivity (Wildman–Crippen MR) is 103 cm³/mol. The number of hydrogen-bond acceptors (Lipinski definition) is 3. The number of ketones is 1. The summed E-state index contributed by atoms with van der Waals surface area (Å²) in [5.41, 5.74) is 0.0521. The predicted octanol–water partition coefficient (Wildman–Crippen LogP) is 5.39. The summed E-state index contributed by atoms with van der Waals surface area (Å²) < 4.78 is 5.71. The van der Waals surface area contributed by atoms with Crippen molar-refractivity contribution in [3.05, 3.63) is 0 Å². The van der Waals surface area contributed by atoms with Crippen LogP contribution < -0.4 is 0 Å². The van der Waals surface area contributed by atoms with Gasteiger partial charge in [0.2, 0.25) is 0 Å². The Hall–Kier alpha value is -0.880. The topological polar surface area (TPSA) is 50.1 Å². The number of carbonyl (C=O) groups is 1. The van der Waals surface area contributed by atoms with Crippen LogP contribution in [0.4, 0.5) is 0 Å². The van der Waals surface area contributed by atoms with Gasteiger partial charge in [-0.2, -0.15) is 5.26 Å². The molecule has 0 saturated heterocycles. The van der Waals surface area contributed by atoms with Crippen molar-refractivity contribution in [2.24, 2.45) is 40.4 Å². The van der Waals surface area contributed by atoms with Crippen molar-refractivity contribution in [2.75, 3.05) is 7.11 Å². The largest absolute Gasteiger partial charge is 0.381 e. The van der Waals surface area contributed by atoms with Crippen LogP contribution in [0, 0.1) is 51.8 Å². The van der Waals surface area contributed by atoms with Gasteiger partial charge in [0, 0.05) is 19.4 Å². The standard InChI is InChI=1S/C21H31NO2.C2H6/c1-20-11-18(23)19-16(17(20)9-6-14(20)12-22)8-5-13-4-7-15(24-3)10-21(13,19)2;1-2/h13-17,19H,4-11H2,1-3H3;1-2H3. The fourth-order valence-electron chi connectivity index (χ4n) is 7.54. The first-order valence-corrected chi connectivity index (χ1v) is 10.9. The summed E-state index contributed by atoms with van der Waals surface area (Å²) in [7, 11) is 1.82. The number of fused-ring (bicyclic) bond motifs is 5. The number of Topliss-reactive ketones (excluding diaryl/α,β-unsaturated/α-hetero) is 1. The first-order valence-electron chi connectivity index (χ1n) is 10.9. The second-order valence-corrected chi connectivity index (χ2v) is 9.58. The Labute approximate surface area is 159 Å². The van der Waals surface area contributed by atoms with Crippen LogP contribution in [-0.4, -0.2) is 19.0 Å². The van der Waals surface area contributed by atoms with E-state index in [4.69, 9.17) is 4.74 Å². The van der Waals surface area contributed by atoms with Crippen LogP contribution >= 0.6 is 0 Å². The number of nitriles is 1. The number of nitrogens with zero attached hydrogens (tertiary/aromatic N) is 1. The van der Waals surface area contributed by atoms with Crippen LogP contribution in [0.15, 0.2) is 0 Å². The van der Waals surface area contributed by atoms with Crippen molar-refractivity contribution < 1.29 is 9.53 Å². The zero-order chi connectivity index (χ0) is 19.1. The number of rotatable bonds is 1. The average molecular weight is 360 g/mol. The fourth-order valence-corrected chi connectivity index (χ4v) is 7.54. The second kappa shape index (κ2) is 7.27. The summed E-state index contributed by atoms with van der Waals surface area (Å²) in [6.45, 7) is 8.62. The quantitative estimate of drug-likeness (QED) is 0.631. The average Bonchev–Trinajstić information content (AvgIpc) is 2.97. The maximum atomic E-state index is 13.3. The smallest absolute Gasteiger partial charge is 0.137 e. The third-order valence-corrected chi connectivity index (χ3v) is 8.74. The maximum absolute atomic E-state index is 13.3. The first kappa shape index (κ1) is 19.9. The van der Waals surface area contributed by atoms with Crippen molar-refractivity contribution in [2.45, 2.75) is 85.2 Å². The number of methoxy groups -OCH3 is 1. The van der Waals surface area contributed by atoms with Gasteiger partial charge in [0.05, 0.1) is 18.1 Å². The SMILES string of the molecule is CC.COC1CCC2CCC3C4CCC(C#N)C4(C)CC(=O)C3C2(C)C1. The molecular formula is C23H37NO2. The Morgan fingerprint density at radius 2 is 1.73 bits per heavy atom. The summed E-state index contributed by atoms with van der Waals surface area (Å²) in [5.74, 6) is 2.52. The minimum atomic E-state index is -0.0640. The molecule has 4 aliphatic carbocycles. The zero-order valence-corrected chi connectivity index (χ0v) is 17.4. The van der Waals surface area contributed by atoms with Gasteiger partial charge in [-0.05, 0) is 73.5 Å². The number of hydrogen-bond donors (Lipinski definition) is 0. The van der Waals surface area contributed by atoms with Crippen LogP contribution in [0.25, 0.3) is 0 Å². The van der Waals surface area contributed by atoms with Crippen molar-refractivity contribution in [1.82, 2.24) is 0 Å². The van der Waals surface area contributed by atoms with E-state index in [-0.39, 0.29) is 22.7 Å². The van der Waals surface area contributed by atoms with Crippen LogP contribution in [-0.2, 0) is 9.53 Å². The van der Waals surface area contributed by atoms with E-state index in [9.17, 15) is 10.1 Å². The van der Waals surface area contributed by atoms with E-state index in [1.165, 1.54) is 19.3 Å². The van der Waals surface area contributed by atoms with Gasteiger partial charge in [-0.15, -0.1) is 0 Å². The van der Waals surface area contributed by atoms with Crippen molar-refractivity contribution in [3.63, 3.8) is 0 Å². The van der Waals surface area contributed by atoms with Crippen molar-refractivity contribution in [3.8, 4) is 6.07 Å². The molecule has 8 unspecified atom stereocenters. The molecule has 4 saturated carbocycles. The van der Waals surface area contributed by atoms with Gasteiger partial charge in [0.1, 0.15) is 5.78 Å². The lowest BCUT2D eigenvalue weighted by Crippen LogP contribution is -2.58. The molecule has 0 aromatic carbocycles. The Morgan fingerprint density at radius 3 is 2.38 bits per heavy atom. The molecule has 0 heterocycles. The van der Waals surface area contributed by atoms with Crippen LogP contribution in [0.2, 0.25) is 0 Å². The lowest BCUT2D eigenvalue weighted by molar-refractivity contribution is -0.162. The zero-order valence-electron chi connectivity index (χ0n) is 17.4. The molecule has 0 aliphatic heterocycles. The first-order chi connectivity index (χ1) is 12.4. The number of ether oxygens (including phenoxy) is 1. The molecule has 0 aromatic heterocycles. The molecule has 0 aromatic rings. The third kappa shape index (κ3) is 2.75. The van der Waals surface area contributed by atoms with E-state index >= 15 is 0 Å². The molecule has 0 N–H and O–H groups in total. The Morgan fingerprint density at radius 1 is 1.04 bits per heavy atom. The summed E-state index contributed by atoms with van der Waals surface area (Å²) in [6, 6.07) is 2.53. The lowest BCUT2D eigenvalue weighted by Gasteiger charge is -2.59. The highest BCUT2D eigenvalue weighted by Gasteiger charge is 2.63. The van der Waals surface area contributed by atoms with Crippen molar-refractivity contribution in [1.29, 1.82) is 5.26 Å². The molecule has 0 spiro atoms.